The number of morpholine rings is 1. The molecule has 5 heteroatoms. The van der Waals surface area contributed by atoms with Crippen molar-refractivity contribution in [3.63, 3.8) is 0 Å². The molecule has 2 heterocycles. The smallest absolute Gasteiger partial charge is 0.123 e. The molecule has 2 rings (SSSR count). The van der Waals surface area contributed by atoms with Crippen LogP contribution in [0.2, 0.25) is 0 Å². The minimum Gasteiger partial charge on any atom is -0.384 e. The van der Waals surface area contributed by atoms with E-state index in [0.717, 1.165) is 25.3 Å². The number of nitrogens with zero attached hydrogens (tertiary/aromatic N) is 3. The fourth-order valence-corrected chi connectivity index (χ4v) is 2.41. The van der Waals surface area contributed by atoms with Crippen molar-refractivity contribution in [1.82, 2.24) is 14.7 Å². The summed E-state index contributed by atoms with van der Waals surface area (Å²) in [7, 11) is 0. The zero-order valence-corrected chi connectivity index (χ0v) is 11.4. The van der Waals surface area contributed by atoms with Crippen molar-refractivity contribution >= 4 is 0 Å². The maximum Gasteiger partial charge on any atom is 0.123 e. The molecule has 0 radical (unpaired) electrons. The Kier molecular flexibility index (Phi) is 4.37. The summed E-state index contributed by atoms with van der Waals surface area (Å²) in [5, 5.41) is 14.6. The predicted octanol–water partition coefficient (Wildman–Crippen LogP) is 1.05. The first kappa shape index (κ1) is 13.5. The number of aliphatic hydroxyl groups is 1. The van der Waals surface area contributed by atoms with E-state index in [0.29, 0.717) is 12.6 Å². The third-order valence-electron chi connectivity index (χ3n) is 3.56. The molecule has 1 aromatic heterocycles. The summed E-state index contributed by atoms with van der Waals surface area (Å²) in [6.45, 7) is 9.52. The number of hydrogen-bond donors (Lipinski definition) is 1. The monoisotopic (exact) mass is 253 g/mol. The van der Waals surface area contributed by atoms with Gasteiger partial charge in [0.25, 0.3) is 0 Å². The minimum absolute atomic E-state index is 0.164. The summed E-state index contributed by atoms with van der Waals surface area (Å²) in [5.74, 6) is 0. The normalized spacial score (nSPS) is 23.5. The Morgan fingerprint density at radius 3 is 3.00 bits per heavy atom. The number of ether oxygens (including phenoxy) is 1. The quantitative estimate of drug-likeness (QED) is 0.871. The summed E-state index contributed by atoms with van der Waals surface area (Å²) >= 11 is 0. The lowest BCUT2D eigenvalue weighted by Gasteiger charge is -2.37. The van der Waals surface area contributed by atoms with Gasteiger partial charge in [0, 0.05) is 31.9 Å². The number of hydrogen-bond acceptors (Lipinski definition) is 4. The van der Waals surface area contributed by atoms with Crippen LogP contribution in [-0.4, -0.2) is 51.6 Å². The van der Waals surface area contributed by atoms with Crippen LogP contribution in [0.1, 0.15) is 32.6 Å². The molecule has 1 saturated heterocycles. The second kappa shape index (κ2) is 5.82. The van der Waals surface area contributed by atoms with Crippen LogP contribution in [0.15, 0.2) is 12.3 Å². The summed E-state index contributed by atoms with van der Waals surface area (Å²) in [6, 6.07) is 2.35. The fourth-order valence-electron chi connectivity index (χ4n) is 2.41. The zero-order valence-electron chi connectivity index (χ0n) is 11.4. The molecule has 5 nitrogen and oxygen atoms in total. The van der Waals surface area contributed by atoms with Gasteiger partial charge in [-0.25, -0.2) is 0 Å². The molecule has 0 aliphatic carbocycles. The first-order valence-corrected chi connectivity index (χ1v) is 6.69. The number of aromatic nitrogens is 2. The molecule has 1 N–H and O–H groups in total. The van der Waals surface area contributed by atoms with Gasteiger partial charge in [0.1, 0.15) is 12.2 Å². The van der Waals surface area contributed by atoms with Gasteiger partial charge in [-0.2, -0.15) is 5.10 Å². The molecule has 0 saturated carbocycles. The molecule has 1 aliphatic rings. The van der Waals surface area contributed by atoms with Gasteiger partial charge in [-0.3, -0.25) is 9.58 Å². The average Bonchev–Trinajstić information content (AvgIpc) is 2.86. The molecule has 2 atom stereocenters. The van der Waals surface area contributed by atoms with Crippen LogP contribution < -0.4 is 0 Å². The van der Waals surface area contributed by atoms with Crippen molar-refractivity contribution in [2.24, 2.45) is 0 Å². The van der Waals surface area contributed by atoms with Crippen LogP contribution in [0.25, 0.3) is 0 Å². The van der Waals surface area contributed by atoms with E-state index in [4.69, 9.17) is 4.74 Å². The largest absolute Gasteiger partial charge is 0.384 e. The molecular weight excluding hydrogens is 230 g/mol. The lowest BCUT2D eigenvalue weighted by molar-refractivity contribution is -0.0982. The highest BCUT2D eigenvalue weighted by Crippen LogP contribution is 2.22. The van der Waals surface area contributed by atoms with Crippen molar-refractivity contribution in [3.05, 3.63) is 18.0 Å². The highest BCUT2D eigenvalue weighted by atomic mass is 16.5. The highest BCUT2D eigenvalue weighted by molar-refractivity contribution is 5.07. The topological polar surface area (TPSA) is 50.5 Å². The number of aryl methyl sites for hydroxylation is 1. The van der Waals surface area contributed by atoms with E-state index in [2.05, 4.69) is 23.8 Å². The standard InChI is InChI=1S/C13H23N3O2/c1-4-16-11(5-6-14-16)13(17)12-9-15(10(2)3)7-8-18-12/h5-6,10,12-13,17H,4,7-9H2,1-3H3. The molecular formula is C13H23N3O2. The highest BCUT2D eigenvalue weighted by Gasteiger charge is 2.30. The van der Waals surface area contributed by atoms with Crippen LogP contribution in [-0.2, 0) is 11.3 Å². The van der Waals surface area contributed by atoms with Gasteiger partial charge in [0.2, 0.25) is 0 Å². The second-order valence-electron chi connectivity index (χ2n) is 5.01. The summed E-state index contributed by atoms with van der Waals surface area (Å²) < 4.78 is 7.53. The van der Waals surface area contributed by atoms with E-state index in [-0.39, 0.29) is 6.10 Å². The van der Waals surface area contributed by atoms with Gasteiger partial charge in [-0.15, -0.1) is 0 Å². The van der Waals surface area contributed by atoms with Gasteiger partial charge in [-0.05, 0) is 26.8 Å². The molecule has 0 spiro atoms. The Labute approximate surface area is 108 Å². The van der Waals surface area contributed by atoms with E-state index in [1.54, 1.807) is 6.20 Å². The molecule has 18 heavy (non-hydrogen) atoms. The Bertz CT molecular complexity index is 378. The van der Waals surface area contributed by atoms with Crippen molar-refractivity contribution in [1.29, 1.82) is 0 Å². The Hall–Kier alpha value is -0.910. The van der Waals surface area contributed by atoms with Crippen LogP contribution in [0, 0.1) is 0 Å². The van der Waals surface area contributed by atoms with Crippen LogP contribution in [0.3, 0.4) is 0 Å². The van der Waals surface area contributed by atoms with Crippen LogP contribution in [0.4, 0.5) is 0 Å². The van der Waals surface area contributed by atoms with Gasteiger partial charge in [-0.1, -0.05) is 0 Å². The van der Waals surface area contributed by atoms with E-state index in [9.17, 15) is 5.11 Å². The Balaban J connectivity index is 2.06. The van der Waals surface area contributed by atoms with Crippen LogP contribution >= 0.6 is 0 Å². The summed E-state index contributed by atoms with van der Waals surface area (Å²) in [6.07, 6.45) is 0.961. The minimum atomic E-state index is -0.603. The molecule has 1 aliphatic heterocycles. The third kappa shape index (κ3) is 2.74. The van der Waals surface area contributed by atoms with E-state index < -0.39 is 6.10 Å². The molecule has 2 unspecified atom stereocenters. The van der Waals surface area contributed by atoms with Gasteiger partial charge in [0.05, 0.1) is 12.3 Å². The van der Waals surface area contributed by atoms with E-state index in [1.165, 1.54) is 0 Å². The molecule has 102 valence electrons. The van der Waals surface area contributed by atoms with Gasteiger partial charge in [0.15, 0.2) is 0 Å². The molecule has 1 aromatic rings. The van der Waals surface area contributed by atoms with Gasteiger partial charge < -0.3 is 9.84 Å². The summed E-state index contributed by atoms with van der Waals surface area (Å²) in [4.78, 5) is 2.34. The zero-order chi connectivity index (χ0) is 13.1. The SMILES string of the molecule is CCn1nccc1C(O)C1CN(C(C)C)CCO1. The second-order valence-corrected chi connectivity index (χ2v) is 5.01. The maximum absolute atomic E-state index is 10.4. The Morgan fingerprint density at radius 1 is 1.56 bits per heavy atom. The van der Waals surface area contributed by atoms with Crippen molar-refractivity contribution in [3.8, 4) is 0 Å². The predicted molar refractivity (Wildman–Crippen MR) is 69.3 cm³/mol. The first-order chi connectivity index (χ1) is 8.63. The van der Waals surface area contributed by atoms with E-state index in [1.807, 2.05) is 17.7 Å². The van der Waals surface area contributed by atoms with Crippen molar-refractivity contribution < 1.29 is 9.84 Å². The van der Waals surface area contributed by atoms with Crippen LogP contribution in [0.5, 0.6) is 0 Å². The van der Waals surface area contributed by atoms with Crippen molar-refractivity contribution in [2.45, 2.75) is 45.6 Å². The number of rotatable bonds is 4. The first-order valence-electron chi connectivity index (χ1n) is 6.69. The lowest BCUT2D eigenvalue weighted by Crippen LogP contribution is -2.48. The number of aliphatic hydroxyl groups excluding tert-OH is 1. The van der Waals surface area contributed by atoms with Crippen molar-refractivity contribution in [2.75, 3.05) is 19.7 Å². The molecule has 0 bridgehead atoms. The molecule has 0 amide bonds. The van der Waals surface area contributed by atoms with E-state index >= 15 is 0 Å². The average molecular weight is 253 g/mol. The third-order valence-corrected chi connectivity index (χ3v) is 3.56. The summed E-state index contributed by atoms with van der Waals surface area (Å²) in [5.41, 5.74) is 0.841. The lowest BCUT2D eigenvalue weighted by atomic mass is 10.1. The molecule has 0 aromatic carbocycles. The molecule has 1 fully saturated rings. The maximum atomic E-state index is 10.4. The van der Waals surface area contributed by atoms with Gasteiger partial charge >= 0.3 is 0 Å². The Morgan fingerprint density at radius 2 is 2.33 bits per heavy atom. The fraction of sp³-hybridized carbons (Fsp3) is 0.769.